The van der Waals surface area contributed by atoms with Crippen LogP contribution in [0.5, 0.6) is 0 Å². The van der Waals surface area contributed by atoms with E-state index >= 15 is 0 Å². The Hall–Kier alpha value is -1.88. The molecule has 0 aromatic heterocycles. The van der Waals surface area contributed by atoms with E-state index in [4.69, 9.17) is 4.74 Å². The third kappa shape index (κ3) is 4.26. The minimum absolute atomic E-state index is 0.0127. The largest absolute Gasteiger partial charge is 0.461 e. The van der Waals surface area contributed by atoms with Crippen molar-refractivity contribution in [1.82, 2.24) is 9.80 Å². The first kappa shape index (κ1) is 18.9. The Balaban J connectivity index is 1.49. The van der Waals surface area contributed by atoms with Gasteiger partial charge in [0.15, 0.2) is 0 Å². The summed E-state index contributed by atoms with van der Waals surface area (Å²) in [7, 11) is 3.99. The summed E-state index contributed by atoms with van der Waals surface area (Å²) in [5.41, 5.74) is 2.06. The Morgan fingerprint density at radius 1 is 1.23 bits per heavy atom. The van der Waals surface area contributed by atoms with Crippen molar-refractivity contribution in [1.29, 1.82) is 0 Å². The molecule has 2 aliphatic heterocycles. The highest BCUT2D eigenvalue weighted by atomic mass is 16.6. The van der Waals surface area contributed by atoms with E-state index < -0.39 is 0 Å². The zero-order chi connectivity index (χ0) is 18.7. The maximum atomic E-state index is 12.5. The second-order valence-electron chi connectivity index (χ2n) is 8.14. The van der Waals surface area contributed by atoms with E-state index in [1.807, 2.05) is 19.0 Å². The van der Waals surface area contributed by atoms with E-state index in [9.17, 15) is 9.59 Å². The van der Waals surface area contributed by atoms with Crippen molar-refractivity contribution in [2.24, 2.45) is 5.41 Å². The van der Waals surface area contributed by atoms with Crippen molar-refractivity contribution >= 4 is 11.9 Å². The van der Waals surface area contributed by atoms with Crippen LogP contribution in [-0.4, -0.2) is 61.5 Å². The first-order valence-corrected chi connectivity index (χ1v) is 9.57. The van der Waals surface area contributed by atoms with Crippen molar-refractivity contribution in [3.8, 4) is 0 Å². The number of amides is 1. The molecule has 5 heteroatoms. The molecule has 142 valence electrons. The summed E-state index contributed by atoms with van der Waals surface area (Å²) in [5, 5.41) is 0. The van der Waals surface area contributed by atoms with Crippen LogP contribution in [0.1, 0.15) is 36.8 Å². The third-order valence-corrected chi connectivity index (χ3v) is 5.72. The van der Waals surface area contributed by atoms with Gasteiger partial charge in [0.1, 0.15) is 6.10 Å². The molecule has 0 saturated carbocycles. The Bertz CT molecular complexity index is 646. The highest BCUT2D eigenvalue weighted by molar-refractivity contribution is 5.80. The number of hydrogen-bond acceptors (Lipinski definition) is 4. The molecular formula is C21H30N2O3. The molecule has 26 heavy (non-hydrogen) atoms. The highest BCUT2D eigenvalue weighted by Gasteiger charge is 2.50. The van der Waals surface area contributed by atoms with Gasteiger partial charge in [-0.2, -0.15) is 0 Å². The van der Waals surface area contributed by atoms with E-state index in [-0.39, 0.29) is 23.4 Å². The van der Waals surface area contributed by atoms with E-state index in [0.29, 0.717) is 19.5 Å². The third-order valence-electron chi connectivity index (χ3n) is 5.72. The lowest BCUT2D eigenvalue weighted by Crippen LogP contribution is -2.45. The molecule has 0 radical (unpaired) electrons. The molecule has 0 N–H and O–H groups in total. The quantitative estimate of drug-likeness (QED) is 0.759. The van der Waals surface area contributed by atoms with Crippen LogP contribution in [0.2, 0.25) is 0 Å². The van der Waals surface area contributed by atoms with Crippen molar-refractivity contribution in [2.45, 2.75) is 45.1 Å². The van der Waals surface area contributed by atoms with E-state index in [0.717, 1.165) is 32.2 Å². The summed E-state index contributed by atoms with van der Waals surface area (Å²) in [4.78, 5) is 28.9. The molecule has 1 amide bonds. The van der Waals surface area contributed by atoms with Gasteiger partial charge in [-0.05, 0) is 45.8 Å². The minimum Gasteiger partial charge on any atom is -0.461 e. The van der Waals surface area contributed by atoms with Crippen LogP contribution >= 0.6 is 0 Å². The smallest absolute Gasteiger partial charge is 0.312 e. The minimum atomic E-state index is -0.367. The van der Waals surface area contributed by atoms with E-state index in [1.54, 1.807) is 0 Å². The Kier molecular flexibility index (Phi) is 5.66. The number of nitrogens with zero attached hydrogens (tertiary/aromatic N) is 2. The zero-order valence-electron chi connectivity index (χ0n) is 16.2. The molecule has 3 rings (SSSR count). The fraction of sp³-hybridized carbons (Fsp3) is 0.619. The van der Waals surface area contributed by atoms with E-state index in [1.165, 1.54) is 11.1 Å². The fourth-order valence-corrected chi connectivity index (χ4v) is 4.10. The molecule has 2 aliphatic rings. The molecule has 2 saturated heterocycles. The summed E-state index contributed by atoms with van der Waals surface area (Å²) >= 11 is 0. The standard InChI is InChI=1S/C21H30N2O3/c1-16-4-6-17(7-5-16)8-9-19(24)23-12-10-21(11-13-23)14-18(15-22(2)3)26-20(21)25/h4-7,18H,8-15H2,1-3H3. The molecule has 0 aliphatic carbocycles. The van der Waals surface area contributed by atoms with Gasteiger partial charge in [-0.25, -0.2) is 0 Å². The summed E-state index contributed by atoms with van der Waals surface area (Å²) in [6, 6.07) is 8.35. The number of carbonyl (C=O) groups is 2. The first-order valence-electron chi connectivity index (χ1n) is 9.57. The van der Waals surface area contributed by atoms with Crippen LogP contribution in [0.4, 0.5) is 0 Å². The van der Waals surface area contributed by atoms with Gasteiger partial charge in [0.05, 0.1) is 5.41 Å². The zero-order valence-corrected chi connectivity index (χ0v) is 16.2. The number of cyclic esters (lactones) is 1. The molecule has 2 fully saturated rings. The van der Waals surface area contributed by atoms with Gasteiger partial charge < -0.3 is 14.5 Å². The van der Waals surface area contributed by atoms with Crippen LogP contribution in [0, 0.1) is 12.3 Å². The Morgan fingerprint density at radius 3 is 2.50 bits per heavy atom. The molecule has 1 aromatic carbocycles. The van der Waals surface area contributed by atoms with Crippen LogP contribution in [0.3, 0.4) is 0 Å². The summed E-state index contributed by atoms with van der Waals surface area (Å²) in [6.45, 7) is 4.16. The fourth-order valence-electron chi connectivity index (χ4n) is 4.10. The van der Waals surface area contributed by atoms with Gasteiger partial charge in [-0.1, -0.05) is 29.8 Å². The molecule has 5 nitrogen and oxygen atoms in total. The lowest BCUT2D eigenvalue weighted by Gasteiger charge is -2.36. The first-order chi connectivity index (χ1) is 12.4. The molecule has 2 heterocycles. The topological polar surface area (TPSA) is 49.9 Å². The van der Waals surface area contributed by atoms with Gasteiger partial charge in [0, 0.05) is 32.5 Å². The lowest BCUT2D eigenvalue weighted by molar-refractivity contribution is -0.152. The number of piperidine rings is 1. The second kappa shape index (κ2) is 7.78. The predicted octanol–water partition coefficient (Wildman–Crippen LogP) is 2.41. The number of esters is 1. The van der Waals surface area contributed by atoms with Gasteiger partial charge in [-0.3, -0.25) is 9.59 Å². The molecular weight excluding hydrogens is 328 g/mol. The van der Waals surface area contributed by atoms with Crippen LogP contribution in [-0.2, 0) is 20.7 Å². The maximum absolute atomic E-state index is 12.5. The van der Waals surface area contributed by atoms with Crippen molar-refractivity contribution in [3.05, 3.63) is 35.4 Å². The maximum Gasteiger partial charge on any atom is 0.312 e. The van der Waals surface area contributed by atoms with Crippen LogP contribution < -0.4 is 0 Å². The molecule has 1 atom stereocenters. The summed E-state index contributed by atoms with van der Waals surface area (Å²) < 4.78 is 5.59. The number of hydrogen-bond donors (Lipinski definition) is 0. The lowest BCUT2D eigenvalue weighted by atomic mass is 9.76. The van der Waals surface area contributed by atoms with Gasteiger partial charge in [0.2, 0.25) is 5.91 Å². The average Bonchev–Trinajstić information content (AvgIpc) is 2.89. The van der Waals surface area contributed by atoms with Crippen LogP contribution in [0.25, 0.3) is 0 Å². The number of rotatable bonds is 5. The van der Waals surface area contributed by atoms with Gasteiger partial charge >= 0.3 is 5.97 Å². The van der Waals surface area contributed by atoms with Crippen molar-refractivity contribution < 1.29 is 14.3 Å². The predicted molar refractivity (Wildman–Crippen MR) is 101 cm³/mol. The number of likely N-dealkylation sites (tertiary alicyclic amines) is 1. The highest BCUT2D eigenvalue weighted by Crippen LogP contribution is 2.43. The van der Waals surface area contributed by atoms with Crippen molar-refractivity contribution in [2.75, 3.05) is 33.7 Å². The van der Waals surface area contributed by atoms with Gasteiger partial charge in [-0.15, -0.1) is 0 Å². The number of carbonyl (C=O) groups excluding carboxylic acids is 2. The monoisotopic (exact) mass is 358 g/mol. The van der Waals surface area contributed by atoms with Crippen molar-refractivity contribution in [3.63, 3.8) is 0 Å². The molecule has 1 spiro atoms. The average molecular weight is 358 g/mol. The summed E-state index contributed by atoms with van der Waals surface area (Å²) in [6.07, 6.45) is 3.53. The SMILES string of the molecule is Cc1ccc(CCC(=O)N2CCC3(CC2)CC(CN(C)C)OC3=O)cc1. The molecule has 1 unspecified atom stereocenters. The number of benzene rings is 1. The second-order valence-corrected chi connectivity index (χ2v) is 8.14. The number of ether oxygens (including phenoxy) is 1. The number of likely N-dealkylation sites (N-methyl/N-ethyl adjacent to an activating group) is 1. The molecule has 0 bridgehead atoms. The number of aryl methyl sites for hydroxylation is 2. The Morgan fingerprint density at radius 2 is 1.88 bits per heavy atom. The molecule has 1 aromatic rings. The van der Waals surface area contributed by atoms with Crippen LogP contribution in [0.15, 0.2) is 24.3 Å². The van der Waals surface area contributed by atoms with Gasteiger partial charge in [0.25, 0.3) is 0 Å². The summed E-state index contributed by atoms with van der Waals surface area (Å²) in [5.74, 6) is 0.132. The normalized spacial score (nSPS) is 22.1. The van der Waals surface area contributed by atoms with E-state index in [2.05, 4.69) is 36.1 Å². The Labute approximate surface area is 156 Å².